The van der Waals surface area contributed by atoms with Crippen LogP contribution in [0, 0.1) is 0 Å². The zero-order chi connectivity index (χ0) is 13.1. The lowest BCUT2D eigenvalue weighted by molar-refractivity contribution is 0.184. The summed E-state index contributed by atoms with van der Waals surface area (Å²) in [7, 11) is -3.50. The average molecular weight is 264 g/mol. The fraction of sp³-hybridized carbons (Fsp3) is 1.00. The molecule has 2 N–H and O–H groups in total. The Bertz CT molecular complexity index is 335. The molecule has 0 spiro atoms. The second-order valence-electron chi connectivity index (χ2n) is 5.65. The number of hydrogen-bond acceptors (Lipinski definition) is 3. The Morgan fingerprint density at radius 1 is 1.29 bits per heavy atom. The number of nitrogens with one attached hydrogen (secondary N) is 1. The van der Waals surface area contributed by atoms with Crippen LogP contribution < -0.4 is 4.72 Å². The van der Waals surface area contributed by atoms with Gasteiger partial charge < -0.3 is 5.11 Å². The highest BCUT2D eigenvalue weighted by molar-refractivity contribution is 7.87. The summed E-state index contributed by atoms with van der Waals surface area (Å²) in [5.41, 5.74) is -0.495. The Labute approximate surface area is 104 Å². The Morgan fingerprint density at radius 2 is 1.94 bits per heavy atom. The first-order valence-corrected chi connectivity index (χ1v) is 7.62. The summed E-state index contributed by atoms with van der Waals surface area (Å²) in [6.45, 7) is 5.84. The lowest BCUT2D eigenvalue weighted by Gasteiger charge is -2.31. The van der Waals surface area contributed by atoms with Crippen LogP contribution in [0.5, 0.6) is 0 Å². The predicted octanol–water partition coefficient (Wildman–Crippen LogP) is 0.856. The van der Waals surface area contributed by atoms with E-state index in [1.165, 1.54) is 4.31 Å². The summed E-state index contributed by atoms with van der Waals surface area (Å²) >= 11 is 0. The molecular formula is C11H24N2O3S. The van der Waals surface area contributed by atoms with Crippen molar-refractivity contribution in [3.8, 4) is 0 Å². The molecule has 0 saturated carbocycles. The van der Waals surface area contributed by atoms with E-state index in [0.717, 1.165) is 25.7 Å². The van der Waals surface area contributed by atoms with E-state index in [1.807, 2.05) is 20.8 Å². The van der Waals surface area contributed by atoms with Gasteiger partial charge in [0.25, 0.3) is 10.2 Å². The fourth-order valence-corrected chi connectivity index (χ4v) is 3.92. The lowest BCUT2D eigenvalue weighted by atomic mass is 10.1. The molecular weight excluding hydrogens is 240 g/mol. The standard InChI is InChI=1S/C11H24N2O3S/c1-11(2,3)12-17(15,16)13-8-6-4-5-7-10(13)9-14/h10,12,14H,4-9H2,1-3H3. The zero-order valence-corrected chi connectivity index (χ0v) is 11.8. The van der Waals surface area contributed by atoms with Gasteiger partial charge in [0.15, 0.2) is 0 Å². The molecule has 1 saturated heterocycles. The molecule has 0 aromatic carbocycles. The molecule has 102 valence electrons. The van der Waals surface area contributed by atoms with Crippen LogP contribution in [-0.2, 0) is 10.2 Å². The van der Waals surface area contributed by atoms with E-state index in [9.17, 15) is 13.5 Å². The van der Waals surface area contributed by atoms with Crippen LogP contribution in [0.2, 0.25) is 0 Å². The number of aliphatic hydroxyl groups excluding tert-OH is 1. The van der Waals surface area contributed by atoms with Crippen molar-refractivity contribution in [2.45, 2.75) is 58.0 Å². The molecule has 1 fully saturated rings. The zero-order valence-electron chi connectivity index (χ0n) is 10.9. The first-order chi connectivity index (χ1) is 7.76. The third-order valence-corrected chi connectivity index (χ3v) is 4.75. The van der Waals surface area contributed by atoms with Crippen molar-refractivity contribution in [1.29, 1.82) is 0 Å². The van der Waals surface area contributed by atoms with Crippen molar-refractivity contribution in [2.24, 2.45) is 0 Å². The van der Waals surface area contributed by atoms with Crippen molar-refractivity contribution in [3.63, 3.8) is 0 Å². The Hall–Kier alpha value is -0.170. The minimum Gasteiger partial charge on any atom is -0.395 e. The smallest absolute Gasteiger partial charge is 0.280 e. The van der Waals surface area contributed by atoms with Gasteiger partial charge in [-0.1, -0.05) is 12.8 Å². The van der Waals surface area contributed by atoms with E-state index in [0.29, 0.717) is 6.54 Å². The maximum Gasteiger partial charge on any atom is 0.280 e. The van der Waals surface area contributed by atoms with Crippen molar-refractivity contribution in [2.75, 3.05) is 13.2 Å². The van der Waals surface area contributed by atoms with E-state index in [-0.39, 0.29) is 12.6 Å². The molecule has 1 aliphatic heterocycles. The monoisotopic (exact) mass is 264 g/mol. The Morgan fingerprint density at radius 3 is 2.47 bits per heavy atom. The van der Waals surface area contributed by atoms with Gasteiger partial charge in [0, 0.05) is 18.1 Å². The molecule has 0 bridgehead atoms. The van der Waals surface area contributed by atoms with E-state index in [1.54, 1.807) is 0 Å². The molecule has 0 aromatic heterocycles. The fourth-order valence-electron chi connectivity index (χ4n) is 2.10. The number of hydrogen-bond donors (Lipinski definition) is 2. The Balaban J connectivity index is 2.86. The molecule has 0 amide bonds. The average Bonchev–Trinajstić information content (AvgIpc) is 2.38. The summed E-state index contributed by atoms with van der Waals surface area (Å²) in [5.74, 6) is 0. The SMILES string of the molecule is CC(C)(C)NS(=O)(=O)N1CCCCCC1CO. The maximum absolute atomic E-state index is 12.2. The van der Waals surface area contributed by atoms with Gasteiger partial charge in [-0.3, -0.25) is 0 Å². The van der Waals surface area contributed by atoms with E-state index in [4.69, 9.17) is 0 Å². The first kappa shape index (κ1) is 14.9. The van der Waals surface area contributed by atoms with Gasteiger partial charge in [0.2, 0.25) is 0 Å². The number of nitrogens with zero attached hydrogens (tertiary/aromatic N) is 1. The van der Waals surface area contributed by atoms with E-state index in [2.05, 4.69) is 4.72 Å². The van der Waals surface area contributed by atoms with Crippen LogP contribution in [0.4, 0.5) is 0 Å². The highest BCUT2D eigenvalue weighted by Crippen LogP contribution is 2.20. The van der Waals surface area contributed by atoms with Crippen LogP contribution >= 0.6 is 0 Å². The van der Waals surface area contributed by atoms with E-state index >= 15 is 0 Å². The molecule has 0 radical (unpaired) electrons. The minimum absolute atomic E-state index is 0.106. The van der Waals surface area contributed by atoms with Crippen molar-refractivity contribution >= 4 is 10.2 Å². The van der Waals surface area contributed by atoms with Gasteiger partial charge in [0.05, 0.1) is 6.61 Å². The molecule has 6 heteroatoms. The molecule has 1 atom stereocenters. The molecule has 1 aliphatic rings. The lowest BCUT2D eigenvalue weighted by Crippen LogP contribution is -2.52. The summed E-state index contributed by atoms with van der Waals surface area (Å²) in [6, 6.07) is -0.280. The van der Waals surface area contributed by atoms with Crippen LogP contribution in [0.1, 0.15) is 46.5 Å². The summed E-state index contributed by atoms with van der Waals surface area (Å²) in [5, 5.41) is 9.31. The van der Waals surface area contributed by atoms with Gasteiger partial charge in [-0.15, -0.1) is 0 Å². The third-order valence-electron chi connectivity index (χ3n) is 2.78. The quantitative estimate of drug-likeness (QED) is 0.794. The van der Waals surface area contributed by atoms with E-state index < -0.39 is 15.7 Å². The molecule has 0 aromatic rings. The number of aliphatic hydroxyl groups is 1. The highest BCUT2D eigenvalue weighted by Gasteiger charge is 2.33. The predicted molar refractivity (Wildman–Crippen MR) is 67.9 cm³/mol. The van der Waals surface area contributed by atoms with Gasteiger partial charge >= 0.3 is 0 Å². The summed E-state index contributed by atoms with van der Waals surface area (Å²) < 4.78 is 28.5. The molecule has 5 nitrogen and oxygen atoms in total. The second-order valence-corrected chi connectivity index (χ2v) is 7.28. The molecule has 0 aliphatic carbocycles. The minimum atomic E-state index is -3.50. The van der Waals surface area contributed by atoms with Crippen molar-refractivity contribution in [1.82, 2.24) is 9.03 Å². The molecule has 17 heavy (non-hydrogen) atoms. The van der Waals surface area contributed by atoms with Crippen LogP contribution in [0.25, 0.3) is 0 Å². The third kappa shape index (κ3) is 4.54. The van der Waals surface area contributed by atoms with Gasteiger partial charge in [0.1, 0.15) is 0 Å². The van der Waals surface area contributed by atoms with Crippen molar-refractivity contribution < 1.29 is 13.5 Å². The van der Waals surface area contributed by atoms with Gasteiger partial charge in [-0.25, -0.2) is 0 Å². The second kappa shape index (κ2) is 5.65. The number of rotatable bonds is 3. The highest BCUT2D eigenvalue weighted by atomic mass is 32.2. The maximum atomic E-state index is 12.2. The Kier molecular flexibility index (Phi) is 4.95. The summed E-state index contributed by atoms with van der Waals surface area (Å²) in [6.07, 6.45) is 3.61. The van der Waals surface area contributed by atoms with Gasteiger partial charge in [-0.05, 0) is 33.6 Å². The largest absolute Gasteiger partial charge is 0.395 e. The first-order valence-electron chi connectivity index (χ1n) is 6.18. The molecule has 1 heterocycles. The van der Waals surface area contributed by atoms with Crippen LogP contribution in [0.15, 0.2) is 0 Å². The van der Waals surface area contributed by atoms with Crippen LogP contribution in [-0.4, -0.2) is 42.6 Å². The molecule has 1 rings (SSSR count). The van der Waals surface area contributed by atoms with Gasteiger partial charge in [-0.2, -0.15) is 17.4 Å². The topological polar surface area (TPSA) is 69.6 Å². The normalized spacial score (nSPS) is 24.6. The molecule has 1 unspecified atom stereocenters. The van der Waals surface area contributed by atoms with Crippen molar-refractivity contribution in [3.05, 3.63) is 0 Å². The van der Waals surface area contributed by atoms with Crippen LogP contribution in [0.3, 0.4) is 0 Å². The summed E-state index contributed by atoms with van der Waals surface area (Å²) in [4.78, 5) is 0.